The molecule has 3 aromatic rings. The number of nitrogens with zero attached hydrogens (tertiary/aromatic N) is 2. The zero-order valence-electron chi connectivity index (χ0n) is 16.2. The van der Waals surface area contributed by atoms with E-state index in [1.54, 1.807) is 17.3 Å². The van der Waals surface area contributed by atoms with Gasteiger partial charge in [-0.1, -0.05) is 6.07 Å². The molecule has 1 saturated heterocycles. The van der Waals surface area contributed by atoms with Crippen LogP contribution in [-0.4, -0.2) is 61.8 Å². The average Bonchev–Trinajstić information content (AvgIpc) is 3.34. The molecule has 0 aliphatic carbocycles. The van der Waals surface area contributed by atoms with Crippen LogP contribution >= 0.6 is 0 Å². The number of carboxylic acid groups (broad SMARTS) is 1. The molecule has 7 nitrogen and oxygen atoms in total. The van der Waals surface area contributed by atoms with Gasteiger partial charge >= 0.3 is 12.1 Å². The number of nitrogens with one attached hydrogen (secondary N) is 1. The molecule has 4 rings (SSSR count). The molecule has 0 bridgehead atoms. The maximum absolute atomic E-state index is 12.9. The molecule has 1 aliphatic rings. The van der Waals surface area contributed by atoms with Crippen LogP contribution in [0.25, 0.3) is 10.9 Å². The van der Waals surface area contributed by atoms with Gasteiger partial charge in [0.1, 0.15) is 0 Å². The van der Waals surface area contributed by atoms with E-state index in [1.165, 1.54) is 0 Å². The highest BCUT2D eigenvalue weighted by Gasteiger charge is 2.38. The van der Waals surface area contributed by atoms with E-state index >= 15 is 0 Å². The predicted molar refractivity (Wildman–Crippen MR) is 105 cm³/mol. The lowest BCUT2D eigenvalue weighted by atomic mass is 10.0. The minimum absolute atomic E-state index is 0.0245. The Kier molecular flexibility index (Phi) is 6.59. The Hall–Kier alpha value is -3.40. The van der Waals surface area contributed by atoms with E-state index in [9.17, 15) is 23.1 Å². The number of carboxylic acids is 1. The highest BCUT2D eigenvalue weighted by Crippen LogP contribution is 2.25. The van der Waals surface area contributed by atoms with Crippen LogP contribution in [-0.2, 0) is 11.2 Å². The standard InChI is InChI=1S/C19H19N3O2.C2HF3O2/c23-18-6-9-22(17(18)10-13-2-1-7-20-12-13)19(24)15-3-4-16-14(11-15)5-8-21-16;3-2(4,5)1(6)7/h1-5,7-8,11-12,17-18,21,23H,6,9-10H2;(H,6,7)/t17-,18-;/m0./s1. The number of carbonyl (C=O) groups excluding carboxylic acids is 1. The van der Waals surface area contributed by atoms with Crippen LogP contribution < -0.4 is 0 Å². The second kappa shape index (κ2) is 9.17. The van der Waals surface area contributed by atoms with Gasteiger partial charge in [-0.15, -0.1) is 0 Å². The molecule has 0 radical (unpaired) electrons. The summed E-state index contributed by atoms with van der Waals surface area (Å²) in [6, 6.07) is 11.3. The van der Waals surface area contributed by atoms with Crippen LogP contribution in [0.1, 0.15) is 22.3 Å². The zero-order chi connectivity index (χ0) is 22.6. The molecule has 1 fully saturated rings. The van der Waals surface area contributed by atoms with Gasteiger partial charge in [0.2, 0.25) is 0 Å². The van der Waals surface area contributed by atoms with Crippen molar-refractivity contribution < 1.29 is 33.0 Å². The number of aliphatic hydroxyl groups excluding tert-OH is 1. The molecule has 1 amide bonds. The first-order chi connectivity index (χ1) is 14.7. The SMILES string of the molecule is O=C(O)C(F)(F)F.O=C(c1ccc2[nH]ccc2c1)N1CC[C@H](O)[C@@H]1Cc1cccnc1. The van der Waals surface area contributed by atoms with Crippen molar-refractivity contribution in [1.82, 2.24) is 14.9 Å². The summed E-state index contributed by atoms with van der Waals surface area (Å²) in [6.45, 7) is 0.579. The number of aliphatic carboxylic acids is 1. The molecule has 2 atom stereocenters. The van der Waals surface area contributed by atoms with E-state index in [2.05, 4.69) is 9.97 Å². The molecular formula is C21H20F3N3O4. The number of carbonyl (C=O) groups is 2. The van der Waals surface area contributed by atoms with Crippen LogP contribution in [0.15, 0.2) is 55.0 Å². The van der Waals surface area contributed by atoms with Crippen molar-refractivity contribution in [2.75, 3.05) is 6.54 Å². The van der Waals surface area contributed by atoms with Crippen LogP contribution in [0.3, 0.4) is 0 Å². The van der Waals surface area contributed by atoms with E-state index in [0.717, 1.165) is 16.5 Å². The lowest BCUT2D eigenvalue weighted by Crippen LogP contribution is -2.41. The minimum atomic E-state index is -5.08. The smallest absolute Gasteiger partial charge is 0.475 e. The predicted octanol–water partition coefficient (Wildman–Crippen LogP) is 3.01. The molecule has 1 aromatic carbocycles. The normalized spacial score (nSPS) is 18.5. The number of pyridine rings is 1. The third-order valence-electron chi connectivity index (χ3n) is 4.98. The number of alkyl halides is 3. The Morgan fingerprint density at radius 2 is 1.97 bits per heavy atom. The van der Waals surface area contributed by atoms with E-state index in [0.29, 0.717) is 24.9 Å². The number of likely N-dealkylation sites (tertiary alicyclic amines) is 1. The Morgan fingerprint density at radius 3 is 2.61 bits per heavy atom. The van der Waals surface area contributed by atoms with Crippen LogP contribution in [0.2, 0.25) is 0 Å². The van der Waals surface area contributed by atoms with Crippen molar-refractivity contribution in [3.05, 3.63) is 66.1 Å². The van der Waals surface area contributed by atoms with Gasteiger partial charge in [-0.05, 0) is 48.7 Å². The number of aromatic nitrogens is 2. The number of aromatic amines is 1. The third-order valence-corrected chi connectivity index (χ3v) is 4.98. The Balaban J connectivity index is 0.000000339. The van der Waals surface area contributed by atoms with E-state index in [1.807, 2.05) is 42.6 Å². The van der Waals surface area contributed by atoms with Gasteiger partial charge in [-0.3, -0.25) is 9.78 Å². The lowest BCUT2D eigenvalue weighted by Gasteiger charge is -2.26. The Morgan fingerprint density at radius 1 is 1.23 bits per heavy atom. The topological polar surface area (TPSA) is 107 Å². The van der Waals surface area contributed by atoms with Gasteiger partial charge < -0.3 is 20.1 Å². The fourth-order valence-electron chi connectivity index (χ4n) is 3.45. The number of fused-ring (bicyclic) bond motifs is 1. The first-order valence-corrected chi connectivity index (χ1v) is 9.42. The molecule has 3 heterocycles. The summed E-state index contributed by atoms with van der Waals surface area (Å²) in [4.78, 5) is 30.9. The van der Waals surface area contributed by atoms with Crippen molar-refractivity contribution in [2.45, 2.75) is 31.2 Å². The summed E-state index contributed by atoms with van der Waals surface area (Å²) >= 11 is 0. The molecule has 2 aromatic heterocycles. The molecular weight excluding hydrogens is 415 g/mol. The van der Waals surface area contributed by atoms with Crippen molar-refractivity contribution >= 4 is 22.8 Å². The van der Waals surface area contributed by atoms with Crippen LogP contribution in [0.5, 0.6) is 0 Å². The number of H-pyrrole nitrogens is 1. The van der Waals surface area contributed by atoms with Crippen molar-refractivity contribution in [3.8, 4) is 0 Å². The second-order valence-electron chi connectivity index (χ2n) is 7.07. The van der Waals surface area contributed by atoms with Gasteiger partial charge in [0.25, 0.3) is 5.91 Å². The highest BCUT2D eigenvalue weighted by atomic mass is 19.4. The summed E-state index contributed by atoms with van der Waals surface area (Å²) < 4.78 is 31.7. The van der Waals surface area contributed by atoms with Crippen LogP contribution in [0.4, 0.5) is 13.2 Å². The number of amides is 1. The number of hydrogen-bond donors (Lipinski definition) is 3. The largest absolute Gasteiger partial charge is 0.490 e. The van der Waals surface area contributed by atoms with Crippen LogP contribution in [0, 0.1) is 0 Å². The van der Waals surface area contributed by atoms with Gasteiger partial charge in [0, 0.05) is 41.6 Å². The molecule has 10 heteroatoms. The number of halogens is 3. The monoisotopic (exact) mass is 435 g/mol. The average molecular weight is 435 g/mol. The summed E-state index contributed by atoms with van der Waals surface area (Å²) in [5.41, 5.74) is 2.70. The van der Waals surface area contributed by atoms with Gasteiger partial charge in [0.15, 0.2) is 0 Å². The molecule has 0 unspecified atom stereocenters. The molecule has 3 N–H and O–H groups in total. The number of rotatable bonds is 3. The van der Waals surface area contributed by atoms with E-state index in [4.69, 9.17) is 9.90 Å². The van der Waals surface area contributed by atoms with Crippen molar-refractivity contribution in [2.24, 2.45) is 0 Å². The summed E-state index contributed by atoms with van der Waals surface area (Å²) in [7, 11) is 0. The number of aliphatic hydroxyl groups is 1. The highest BCUT2D eigenvalue weighted by molar-refractivity contribution is 5.98. The Bertz CT molecular complexity index is 1050. The third kappa shape index (κ3) is 5.40. The van der Waals surface area contributed by atoms with Gasteiger partial charge in [-0.2, -0.15) is 13.2 Å². The van der Waals surface area contributed by atoms with Gasteiger partial charge in [0.05, 0.1) is 12.1 Å². The summed E-state index contributed by atoms with van der Waals surface area (Å²) in [6.07, 6.45) is 1.04. The quantitative estimate of drug-likeness (QED) is 0.587. The number of benzene rings is 1. The molecule has 164 valence electrons. The zero-order valence-corrected chi connectivity index (χ0v) is 16.2. The molecule has 0 spiro atoms. The fraction of sp³-hybridized carbons (Fsp3) is 0.286. The van der Waals surface area contributed by atoms with Gasteiger partial charge in [-0.25, -0.2) is 4.79 Å². The summed E-state index contributed by atoms with van der Waals surface area (Å²) in [5.74, 6) is -2.78. The number of hydrogen-bond acceptors (Lipinski definition) is 4. The maximum Gasteiger partial charge on any atom is 0.490 e. The van der Waals surface area contributed by atoms with E-state index < -0.39 is 18.2 Å². The summed E-state index contributed by atoms with van der Waals surface area (Å²) in [5, 5.41) is 18.5. The maximum atomic E-state index is 12.9. The Labute approximate surface area is 175 Å². The van der Waals surface area contributed by atoms with Crippen molar-refractivity contribution in [1.29, 1.82) is 0 Å². The minimum Gasteiger partial charge on any atom is -0.475 e. The lowest BCUT2D eigenvalue weighted by molar-refractivity contribution is -0.192. The molecule has 0 saturated carbocycles. The first kappa shape index (κ1) is 22.3. The second-order valence-corrected chi connectivity index (χ2v) is 7.07. The van der Waals surface area contributed by atoms with E-state index in [-0.39, 0.29) is 11.9 Å². The van der Waals surface area contributed by atoms with Crippen molar-refractivity contribution in [3.63, 3.8) is 0 Å². The molecule has 31 heavy (non-hydrogen) atoms. The fourth-order valence-corrected chi connectivity index (χ4v) is 3.45. The first-order valence-electron chi connectivity index (χ1n) is 9.42. The molecule has 1 aliphatic heterocycles.